The molecule has 0 amide bonds. The van der Waals surface area contributed by atoms with Crippen molar-refractivity contribution in [1.29, 1.82) is 0 Å². The molecule has 0 aromatic heterocycles. The molecule has 0 saturated heterocycles. The Balaban J connectivity index is 2.78. The zero-order valence-corrected chi connectivity index (χ0v) is 8.14. The fourth-order valence-electron chi connectivity index (χ4n) is 1.05. The minimum absolute atomic E-state index is 0.0771. The number of rotatable bonds is 3. The molecule has 0 atom stereocenters. The van der Waals surface area contributed by atoms with Crippen LogP contribution in [0.4, 0.5) is 4.39 Å². The van der Waals surface area contributed by atoms with Crippen LogP contribution < -0.4 is 0 Å². The van der Waals surface area contributed by atoms with Gasteiger partial charge in [-0.2, -0.15) is 0 Å². The largest absolute Gasteiger partial charge is 0.298 e. The molecule has 1 nitrogen and oxygen atoms in total. The Morgan fingerprint density at radius 1 is 1.57 bits per heavy atom. The first kappa shape index (κ1) is 10.7. The van der Waals surface area contributed by atoms with Crippen LogP contribution >= 0.6 is 11.6 Å². The maximum atomic E-state index is 12.6. The predicted octanol–water partition coefficient (Wildman–Crippen LogP) is 2.61. The maximum Gasteiger partial charge on any atom is 0.149 e. The lowest BCUT2D eigenvalue weighted by molar-refractivity contribution is -0.117. The van der Waals surface area contributed by atoms with Crippen molar-refractivity contribution < 1.29 is 9.18 Å². The highest BCUT2D eigenvalue weighted by atomic mass is 35.5. The summed E-state index contributed by atoms with van der Waals surface area (Å²) in [5.74, 6) is 1.74. The quantitative estimate of drug-likeness (QED) is 0.701. The third-order valence-electron chi connectivity index (χ3n) is 1.70. The van der Waals surface area contributed by atoms with E-state index in [1.165, 1.54) is 18.2 Å². The Morgan fingerprint density at radius 3 is 2.86 bits per heavy atom. The van der Waals surface area contributed by atoms with Gasteiger partial charge in [0.2, 0.25) is 0 Å². The van der Waals surface area contributed by atoms with Crippen molar-refractivity contribution in [2.75, 3.05) is 0 Å². The molecule has 14 heavy (non-hydrogen) atoms. The molecule has 1 aromatic rings. The highest BCUT2D eigenvalue weighted by Crippen LogP contribution is 2.18. The molecule has 1 aromatic carbocycles. The summed E-state index contributed by atoms with van der Waals surface area (Å²) in [4.78, 5) is 11.2. The standard InChI is InChI=1S/C11H8ClFO/c1-2-3-10(14)6-8-4-5-9(13)7-11(8)12/h1,4-5,7H,3,6H2. The van der Waals surface area contributed by atoms with E-state index in [4.69, 9.17) is 18.0 Å². The Labute approximate surface area is 86.9 Å². The molecule has 0 aliphatic carbocycles. The summed E-state index contributed by atoms with van der Waals surface area (Å²) in [6.07, 6.45) is 5.21. The zero-order chi connectivity index (χ0) is 10.6. The van der Waals surface area contributed by atoms with E-state index in [1.807, 2.05) is 0 Å². The molecular weight excluding hydrogens is 203 g/mol. The number of hydrogen-bond acceptors (Lipinski definition) is 1. The predicted molar refractivity (Wildman–Crippen MR) is 53.6 cm³/mol. The molecule has 0 bridgehead atoms. The molecule has 0 heterocycles. The van der Waals surface area contributed by atoms with Gasteiger partial charge >= 0.3 is 0 Å². The van der Waals surface area contributed by atoms with Gasteiger partial charge in [0, 0.05) is 11.4 Å². The van der Waals surface area contributed by atoms with E-state index in [0.29, 0.717) is 5.56 Å². The van der Waals surface area contributed by atoms with Crippen molar-refractivity contribution >= 4 is 17.4 Å². The van der Waals surface area contributed by atoms with Gasteiger partial charge in [-0.15, -0.1) is 6.42 Å². The zero-order valence-electron chi connectivity index (χ0n) is 7.39. The lowest BCUT2D eigenvalue weighted by atomic mass is 10.1. The molecule has 1 rings (SSSR count). The van der Waals surface area contributed by atoms with Crippen LogP contribution in [-0.2, 0) is 11.2 Å². The molecule has 0 spiro atoms. The van der Waals surface area contributed by atoms with Crippen LogP contribution in [0.25, 0.3) is 0 Å². The van der Waals surface area contributed by atoms with E-state index in [9.17, 15) is 9.18 Å². The average Bonchev–Trinajstić information content (AvgIpc) is 2.10. The van der Waals surface area contributed by atoms with Crippen LogP contribution in [0.1, 0.15) is 12.0 Å². The molecule has 0 aliphatic rings. The summed E-state index contributed by atoms with van der Waals surface area (Å²) in [6.45, 7) is 0. The van der Waals surface area contributed by atoms with Gasteiger partial charge in [-0.3, -0.25) is 4.79 Å². The number of Topliss-reactive ketones (excluding diaryl/α,β-unsaturated/α-hetero) is 1. The second-order valence-electron chi connectivity index (χ2n) is 2.83. The maximum absolute atomic E-state index is 12.6. The fraction of sp³-hybridized carbons (Fsp3) is 0.182. The lowest BCUT2D eigenvalue weighted by Gasteiger charge is -2.01. The Morgan fingerprint density at radius 2 is 2.29 bits per heavy atom. The number of hydrogen-bond donors (Lipinski definition) is 0. The highest BCUT2D eigenvalue weighted by Gasteiger charge is 2.06. The lowest BCUT2D eigenvalue weighted by Crippen LogP contribution is -2.01. The van der Waals surface area contributed by atoms with Gasteiger partial charge in [0.1, 0.15) is 11.6 Å². The van der Waals surface area contributed by atoms with Crippen LogP contribution in [0.15, 0.2) is 18.2 Å². The Bertz CT molecular complexity index is 393. The second kappa shape index (κ2) is 4.78. The smallest absolute Gasteiger partial charge is 0.149 e. The Kier molecular flexibility index (Phi) is 3.67. The van der Waals surface area contributed by atoms with Crippen LogP contribution in [-0.4, -0.2) is 5.78 Å². The first-order chi connectivity index (χ1) is 6.63. The average molecular weight is 211 g/mol. The summed E-state index contributed by atoms with van der Waals surface area (Å²) in [7, 11) is 0. The molecule has 0 saturated carbocycles. The number of carbonyl (C=O) groups is 1. The molecule has 0 aliphatic heterocycles. The number of ketones is 1. The van der Waals surface area contributed by atoms with Gasteiger partial charge in [0.25, 0.3) is 0 Å². The molecule has 0 unspecified atom stereocenters. The van der Waals surface area contributed by atoms with Gasteiger partial charge in [0.05, 0.1) is 6.42 Å². The number of halogens is 2. The van der Waals surface area contributed by atoms with Crippen LogP contribution in [0.5, 0.6) is 0 Å². The summed E-state index contributed by atoms with van der Waals surface area (Å²) in [5.41, 5.74) is 0.605. The van der Waals surface area contributed by atoms with Crippen molar-refractivity contribution in [3.8, 4) is 12.3 Å². The number of benzene rings is 1. The van der Waals surface area contributed by atoms with E-state index in [1.54, 1.807) is 0 Å². The highest BCUT2D eigenvalue weighted by molar-refractivity contribution is 6.31. The van der Waals surface area contributed by atoms with Crippen molar-refractivity contribution in [2.45, 2.75) is 12.8 Å². The molecule has 0 fully saturated rings. The van der Waals surface area contributed by atoms with E-state index >= 15 is 0 Å². The molecule has 0 radical (unpaired) electrons. The van der Waals surface area contributed by atoms with Gasteiger partial charge in [-0.25, -0.2) is 4.39 Å². The van der Waals surface area contributed by atoms with Crippen LogP contribution in [0.3, 0.4) is 0 Å². The first-order valence-corrected chi connectivity index (χ1v) is 4.40. The Hall–Kier alpha value is -1.33. The van der Waals surface area contributed by atoms with Gasteiger partial charge in [0.15, 0.2) is 0 Å². The molecule has 0 N–H and O–H groups in total. The number of carbonyl (C=O) groups excluding carboxylic acids is 1. The topological polar surface area (TPSA) is 17.1 Å². The molecular formula is C11H8ClFO. The molecule has 3 heteroatoms. The van der Waals surface area contributed by atoms with Crippen LogP contribution in [0, 0.1) is 18.2 Å². The van der Waals surface area contributed by atoms with Gasteiger partial charge in [-0.05, 0) is 17.7 Å². The van der Waals surface area contributed by atoms with Crippen molar-refractivity contribution in [3.05, 3.63) is 34.6 Å². The second-order valence-corrected chi connectivity index (χ2v) is 3.24. The van der Waals surface area contributed by atoms with Crippen molar-refractivity contribution in [1.82, 2.24) is 0 Å². The van der Waals surface area contributed by atoms with E-state index < -0.39 is 5.82 Å². The first-order valence-electron chi connectivity index (χ1n) is 4.02. The SMILES string of the molecule is C#CCC(=O)Cc1ccc(F)cc1Cl. The summed E-state index contributed by atoms with van der Waals surface area (Å²) in [6, 6.07) is 3.94. The monoisotopic (exact) mass is 210 g/mol. The number of terminal acetylenes is 1. The van der Waals surface area contributed by atoms with Crippen molar-refractivity contribution in [3.63, 3.8) is 0 Å². The van der Waals surface area contributed by atoms with E-state index in [0.717, 1.165) is 0 Å². The summed E-state index contributed by atoms with van der Waals surface area (Å²) >= 11 is 5.73. The third-order valence-corrected chi connectivity index (χ3v) is 2.05. The van der Waals surface area contributed by atoms with E-state index in [-0.39, 0.29) is 23.6 Å². The minimum atomic E-state index is -0.414. The van der Waals surface area contributed by atoms with Gasteiger partial charge < -0.3 is 0 Å². The van der Waals surface area contributed by atoms with Gasteiger partial charge in [-0.1, -0.05) is 23.6 Å². The summed E-state index contributed by atoms with van der Waals surface area (Å²) < 4.78 is 12.6. The van der Waals surface area contributed by atoms with Crippen LogP contribution in [0.2, 0.25) is 5.02 Å². The van der Waals surface area contributed by atoms with E-state index in [2.05, 4.69) is 5.92 Å². The fourth-order valence-corrected chi connectivity index (χ4v) is 1.29. The summed E-state index contributed by atoms with van der Waals surface area (Å²) in [5, 5.41) is 0.260. The van der Waals surface area contributed by atoms with Crippen molar-refractivity contribution in [2.24, 2.45) is 0 Å². The molecule has 72 valence electrons. The normalized spacial score (nSPS) is 9.50. The third kappa shape index (κ3) is 2.86. The minimum Gasteiger partial charge on any atom is -0.298 e.